The fourth-order valence-corrected chi connectivity index (χ4v) is 4.35. The molecule has 1 aliphatic rings. The smallest absolute Gasteiger partial charge is 0.180 e. The molecule has 1 aromatic carbocycles. The summed E-state index contributed by atoms with van der Waals surface area (Å²) < 4.78 is 2.08. The summed E-state index contributed by atoms with van der Waals surface area (Å²) in [5.41, 5.74) is 9.76. The number of piperazine rings is 1. The lowest BCUT2D eigenvalue weighted by Crippen LogP contribution is -2.45. The Labute approximate surface area is 194 Å². The zero-order valence-electron chi connectivity index (χ0n) is 18.9. The number of nitrogens with one attached hydrogen (secondary N) is 1. The number of nitrogens with two attached hydrogens (primary N) is 1. The molecule has 0 amide bonds. The van der Waals surface area contributed by atoms with Gasteiger partial charge in [0.25, 0.3) is 0 Å². The van der Waals surface area contributed by atoms with Gasteiger partial charge in [-0.25, -0.2) is 15.0 Å². The van der Waals surface area contributed by atoms with Crippen LogP contribution in [-0.4, -0.2) is 64.0 Å². The number of imidazole rings is 1. The minimum absolute atomic E-state index is 0.106. The van der Waals surface area contributed by atoms with Gasteiger partial charge in [0.05, 0.1) is 23.6 Å². The lowest BCUT2D eigenvalue weighted by atomic mass is 10.0. The number of fused-ring (bicyclic) bond motifs is 1. The molecule has 1 saturated heterocycles. The van der Waals surface area contributed by atoms with E-state index >= 15 is 0 Å². The van der Waals surface area contributed by atoms with Crippen molar-refractivity contribution >= 4 is 17.3 Å². The normalized spacial score (nSPS) is 15.6. The third-order valence-electron chi connectivity index (χ3n) is 6.20. The van der Waals surface area contributed by atoms with E-state index in [0.717, 1.165) is 61.3 Å². The molecule has 0 radical (unpaired) electrons. The summed E-state index contributed by atoms with van der Waals surface area (Å²) in [5, 5.41) is 3.57. The summed E-state index contributed by atoms with van der Waals surface area (Å²) in [7, 11) is 2.15. The van der Waals surface area contributed by atoms with Crippen LogP contribution >= 0.6 is 0 Å². The quantitative estimate of drug-likeness (QED) is 0.455. The average Bonchev–Trinajstić information content (AvgIpc) is 3.30. The van der Waals surface area contributed by atoms with Gasteiger partial charge in [0.2, 0.25) is 0 Å². The van der Waals surface area contributed by atoms with Crippen molar-refractivity contribution in [1.82, 2.24) is 24.3 Å². The van der Waals surface area contributed by atoms with Crippen LogP contribution < -0.4 is 16.0 Å². The van der Waals surface area contributed by atoms with E-state index < -0.39 is 0 Å². The minimum atomic E-state index is 0.106. The van der Waals surface area contributed by atoms with Gasteiger partial charge in [-0.05, 0) is 37.7 Å². The van der Waals surface area contributed by atoms with Crippen LogP contribution in [0.2, 0.25) is 0 Å². The largest absolute Gasteiger partial charge is 0.363 e. The molecular formula is C25H30N8. The number of rotatable bonds is 7. The summed E-state index contributed by atoms with van der Waals surface area (Å²) in [5.74, 6) is 1.75. The second kappa shape index (κ2) is 9.56. The van der Waals surface area contributed by atoms with Crippen molar-refractivity contribution in [3.8, 4) is 11.4 Å². The topological polar surface area (TPSA) is 87.6 Å². The van der Waals surface area contributed by atoms with E-state index in [9.17, 15) is 0 Å². The van der Waals surface area contributed by atoms with E-state index in [1.165, 1.54) is 5.56 Å². The Morgan fingerprint density at radius 3 is 2.61 bits per heavy atom. The predicted octanol–water partition coefficient (Wildman–Crippen LogP) is 3.05. The molecular weight excluding hydrogens is 412 g/mol. The highest BCUT2D eigenvalue weighted by Crippen LogP contribution is 2.27. The minimum Gasteiger partial charge on any atom is -0.363 e. The maximum atomic E-state index is 5.89. The Balaban J connectivity index is 1.44. The van der Waals surface area contributed by atoms with Gasteiger partial charge in [0, 0.05) is 38.6 Å². The van der Waals surface area contributed by atoms with Crippen LogP contribution in [0.5, 0.6) is 0 Å². The summed E-state index contributed by atoms with van der Waals surface area (Å²) in [6, 6.07) is 16.5. The standard InChI is InChI=1S/C25H30N8/c1-31-14-16-32(17-15-31)24-25-28-18-22(33(25)13-12-27-24)21-8-5-9-23(30-21)29-20(10-11-26)19-6-3-2-4-7-19/h2-9,12-13,18,20H,10-11,14-17,26H2,1H3,(H,29,30). The molecule has 4 heterocycles. The molecule has 170 valence electrons. The molecule has 1 fully saturated rings. The van der Waals surface area contributed by atoms with Gasteiger partial charge >= 0.3 is 0 Å². The molecule has 5 rings (SSSR count). The van der Waals surface area contributed by atoms with Gasteiger partial charge in [0.1, 0.15) is 5.82 Å². The van der Waals surface area contributed by atoms with Crippen molar-refractivity contribution in [2.45, 2.75) is 12.5 Å². The second-order valence-electron chi connectivity index (χ2n) is 8.47. The van der Waals surface area contributed by atoms with Gasteiger partial charge in [-0.2, -0.15) is 0 Å². The highest BCUT2D eigenvalue weighted by atomic mass is 15.3. The van der Waals surface area contributed by atoms with Crippen molar-refractivity contribution in [2.75, 3.05) is 50.0 Å². The summed E-state index contributed by atoms with van der Waals surface area (Å²) in [6.07, 6.45) is 6.52. The van der Waals surface area contributed by atoms with Gasteiger partial charge in [-0.1, -0.05) is 36.4 Å². The zero-order valence-corrected chi connectivity index (χ0v) is 18.9. The number of likely N-dealkylation sites (N-methyl/N-ethyl adjacent to an activating group) is 1. The number of benzene rings is 1. The fraction of sp³-hybridized carbons (Fsp3) is 0.320. The van der Waals surface area contributed by atoms with Crippen LogP contribution in [0.4, 0.5) is 11.6 Å². The van der Waals surface area contributed by atoms with E-state index in [1.807, 2.05) is 42.9 Å². The highest BCUT2D eigenvalue weighted by Gasteiger charge is 2.20. The van der Waals surface area contributed by atoms with E-state index in [2.05, 4.69) is 55.8 Å². The monoisotopic (exact) mass is 442 g/mol. The van der Waals surface area contributed by atoms with Crippen molar-refractivity contribution in [3.05, 3.63) is 72.7 Å². The Morgan fingerprint density at radius 1 is 1.00 bits per heavy atom. The SMILES string of the molecule is CN1CCN(c2nccn3c(-c4cccc(NC(CCN)c5ccccc5)n4)cnc23)CC1. The van der Waals surface area contributed by atoms with Crippen LogP contribution in [0, 0.1) is 0 Å². The molecule has 33 heavy (non-hydrogen) atoms. The molecule has 3 aromatic heterocycles. The van der Waals surface area contributed by atoms with Crippen LogP contribution in [0.15, 0.2) is 67.1 Å². The molecule has 0 aliphatic carbocycles. The molecule has 3 N–H and O–H groups in total. The Morgan fingerprint density at radius 2 is 1.82 bits per heavy atom. The fourth-order valence-electron chi connectivity index (χ4n) is 4.35. The first kappa shape index (κ1) is 21.4. The summed E-state index contributed by atoms with van der Waals surface area (Å²) >= 11 is 0. The van der Waals surface area contributed by atoms with Crippen molar-refractivity contribution < 1.29 is 0 Å². The number of anilines is 2. The molecule has 1 unspecified atom stereocenters. The first-order chi connectivity index (χ1) is 16.2. The number of aromatic nitrogens is 4. The van der Waals surface area contributed by atoms with E-state index in [0.29, 0.717) is 6.54 Å². The molecule has 8 nitrogen and oxygen atoms in total. The average molecular weight is 443 g/mol. The third-order valence-corrected chi connectivity index (χ3v) is 6.20. The lowest BCUT2D eigenvalue weighted by molar-refractivity contribution is 0.312. The molecule has 1 aliphatic heterocycles. The van der Waals surface area contributed by atoms with E-state index in [4.69, 9.17) is 15.7 Å². The third kappa shape index (κ3) is 4.53. The Kier molecular flexibility index (Phi) is 6.19. The van der Waals surface area contributed by atoms with Crippen LogP contribution in [-0.2, 0) is 0 Å². The molecule has 0 bridgehead atoms. The summed E-state index contributed by atoms with van der Waals surface area (Å²) in [4.78, 5) is 18.9. The number of pyridine rings is 1. The van der Waals surface area contributed by atoms with Gasteiger partial charge in [-0.15, -0.1) is 0 Å². The molecule has 8 heteroatoms. The van der Waals surface area contributed by atoms with E-state index in [-0.39, 0.29) is 6.04 Å². The van der Waals surface area contributed by atoms with Gasteiger partial charge in [-0.3, -0.25) is 4.40 Å². The first-order valence-electron chi connectivity index (χ1n) is 11.5. The van der Waals surface area contributed by atoms with Crippen LogP contribution in [0.25, 0.3) is 17.0 Å². The van der Waals surface area contributed by atoms with Crippen LogP contribution in [0.3, 0.4) is 0 Å². The maximum Gasteiger partial charge on any atom is 0.180 e. The molecule has 0 spiro atoms. The lowest BCUT2D eigenvalue weighted by Gasteiger charge is -2.33. The first-order valence-corrected chi connectivity index (χ1v) is 11.5. The Hall–Kier alpha value is -3.49. The van der Waals surface area contributed by atoms with Crippen molar-refractivity contribution in [1.29, 1.82) is 0 Å². The van der Waals surface area contributed by atoms with Crippen molar-refractivity contribution in [2.24, 2.45) is 5.73 Å². The molecule has 1 atom stereocenters. The number of hydrogen-bond donors (Lipinski definition) is 2. The number of nitrogens with zero attached hydrogens (tertiary/aromatic N) is 6. The molecule has 0 saturated carbocycles. The number of hydrogen-bond acceptors (Lipinski definition) is 7. The highest BCUT2D eigenvalue weighted by molar-refractivity contribution is 5.70. The molecule has 4 aromatic rings. The van der Waals surface area contributed by atoms with Gasteiger partial charge in [0.15, 0.2) is 11.5 Å². The summed E-state index contributed by atoms with van der Waals surface area (Å²) in [6.45, 7) is 4.55. The van der Waals surface area contributed by atoms with Crippen LogP contribution in [0.1, 0.15) is 18.0 Å². The second-order valence-corrected chi connectivity index (χ2v) is 8.47. The van der Waals surface area contributed by atoms with E-state index in [1.54, 1.807) is 0 Å². The maximum absolute atomic E-state index is 5.89. The Bertz CT molecular complexity index is 1200. The predicted molar refractivity (Wildman–Crippen MR) is 132 cm³/mol. The van der Waals surface area contributed by atoms with Gasteiger partial charge < -0.3 is 20.9 Å². The van der Waals surface area contributed by atoms with Crippen molar-refractivity contribution in [3.63, 3.8) is 0 Å². The zero-order chi connectivity index (χ0) is 22.6.